The van der Waals surface area contributed by atoms with Crippen LogP contribution in [0.15, 0.2) is 18.3 Å². The zero-order valence-electron chi connectivity index (χ0n) is 11.7. The van der Waals surface area contributed by atoms with Crippen LogP contribution in [-0.4, -0.2) is 20.9 Å². The van der Waals surface area contributed by atoms with Crippen LogP contribution in [0.4, 0.5) is 14.5 Å². The van der Waals surface area contributed by atoms with Gasteiger partial charge in [0, 0.05) is 25.4 Å². The van der Waals surface area contributed by atoms with Crippen LogP contribution in [0.1, 0.15) is 28.5 Å². The second kappa shape index (κ2) is 5.90. The molecule has 0 unspecified atom stereocenters. The van der Waals surface area contributed by atoms with Crippen molar-refractivity contribution in [3.63, 3.8) is 0 Å². The molecule has 0 aliphatic rings. The molecule has 21 heavy (non-hydrogen) atoms. The number of carbonyl (C=O) groups is 1. The first-order valence-electron chi connectivity index (χ1n) is 6.40. The van der Waals surface area contributed by atoms with Crippen molar-refractivity contribution in [3.8, 4) is 0 Å². The predicted octanol–water partition coefficient (Wildman–Crippen LogP) is 2.57. The zero-order chi connectivity index (χ0) is 15.6. The highest BCUT2D eigenvalue weighted by Gasteiger charge is 2.18. The van der Waals surface area contributed by atoms with E-state index in [2.05, 4.69) is 10.4 Å². The van der Waals surface area contributed by atoms with Gasteiger partial charge in [-0.25, -0.2) is 13.6 Å². The number of carboxylic acids is 1. The van der Waals surface area contributed by atoms with Crippen LogP contribution < -0.4 is 5.32 Å². The van der Waals surface area contributed by atoms with Crippen LogP contribution in [0.5, 0.6) is 0 Å². The third kappa shape index (κ3) is 3.01. The molecule has 0 saturated carbocycles. The number of anilines is 1. The molecule has 0 aliphatic heterocycles. The Morgan fingerprint density at radius 3 is 2.71 bits per heavy atom. The van der Waals surface area contributed by atoms with Gasteiger partial charge in [-0.3, -0.25) is 4.68 Å². The lowest BCUT2D eigenvalue weighted by Crippen LogP contribution is -2.08. The van der Waals surface area contributed by atoms with Gasteiger partial charge >= 0.3 is 5.97 Å². The molecule has 7 heteroatoms. The van der Waals surface area contributed by atoms with E-state index in [4.69, 9.17) is 5.11 Å². The van der Waals surface area contributed by atoms with E-state index in [1.807, 2.05) is 6.92 Å². The van der Waals surface area contributed by atoms with Crippen molar-refractivity contribution >= 4 is 11.7 Å². The van der Waals surface area contributed by atoms with Crippen LogP contribution in [0.3, 0.4) is 0 Å². The number of nitrogens with zero attached hydrogens (tertiary/aromatic N) is 2. The van der Waals surface area contributed by atoms with Gasteiger partial charge in [-0.05, 0) is 18.6 Å². The third-order valence-electron chi connectivity index (χ3n) is 3.11. The molecule has 2 rings (SSSR count). The minimum atomic E-state index is -1.50. The molecule has 0 radical (unpaired) electrons. The molecular weight excluding hydrogens is 280 g/mol. The van der Waals surface area contributed by atoms with Crippen LogP contribution in [-0.2, 0) is 20.0 Å². The molecule has 1 aromatic heterocycles. The Morgan fingerprint density at radius 2 is 2.10 bits per heavy atom. The maximum absolute atomic E-state index is 13.8. The number of nitrogens with one attached hydrogen (secondary N) is 1. The van der Waals surface area contributed by atoms with Gasteiger partial charge in [0.1, 0.15) is 0 Å². The van der Waals surface area contributed by atoms with Crippen molar-refractivity contribution in [2.45, 2.75) is 19.9 Å². The summed E-state index contributed by atoms with van der Waals surface area (Å²) in [6.07, 6.45) is 2.53. The molecule has 0 saturated heterocycles. The number of halogens is 2. The number of aryl methyl sites for hydroxylation is 2. The summed E-state index contributed by atoms with van der Waals surface area (Å²) >= 11 is 0. The number of aromatic carboxylic acids is 1. The molecule has 2 N–H and O–H groups in total. The van der Waals surface area contributed by atoms with Crippen molar-refractivity contribution in [1.29, 1.82) is 0 Å². The van der Waals surface area contributed by atoms with Crippen molar-refractivity contribution < 1.29 is 18.7 Å². The quantitative estimate of drug-likeness (QED) is 0.889. The van der Waals surface area contributed by atoms with Gasteiger partial charge in [0.15, 0.2) is 11.6 Å². The largest absolute Gasteiger partial charge is 0.478 e. The van der Waals surface area contributed by atoms with Crippen LogP contribution in [0.2, 0.25) is 0 Å². The molecule has 0 atom stereocenters. The fourth-order valence-corrected chi connectivity index (χ4v) is 2.07. The number of aromatic nitrogens is 2. The van der Waals surface area contributed by atoms with Crippen molar-refractivity contribution in [1.82, 2.24) is 9.78 Å². The Morgan fingerprint density at radius 1 is 1.38 bits per heavy atom. The van der Waals surface area contributed by atoms with E-state index in [0.29, 0.717) is 0 Å². The lowest BCUT2D eigenvalue weighted by Gasteiger charge is -2.09. The summed E-state index contributed by atoms with van der Waals surface area (Å²) in [6.45, 7) is 2.23. The number of hydrogen-bond acceptors (Lipinski definition) is 3. The summed E-state index contributed by atoms with van der Waals surface area (Å²) in [6, 6.07) is 2.25. The Kier molecular flexibility index (Phi) is 4.21. The summed E-state index contributed by atoms with van der Waals surface area (Å²) in [5.41, 5.74) is 0.979. The molecule has 0 fully saturated rings. The SMILES string of the molecule is CCc1nn(C)cc1CNc1ccc(C(=O)O)c(F)c1F. The standard InChI is InChI=1S/C14H15F2N3O2/c1-3-10-8(7-19(2)18-10)6-17-11-5-4-9(14(20)21)12(15)13(11)16/h4-5,7,17H,3,6H2,1-2H3,(H,20,21). The zero-order valence-corrected chi connectivity index (χ0v) is 11.7. The number of rotatable bonds is 5. The molecule has 0 aliphatic carbocycles. The number of carboxylic acid groups (broad SMARTS) is 1. The Labute approximate surface area is 120 Å². The molecule has 0 bridgehead atoms. The first-order valence-corrected chi connectivity index (χ1v) is 6.40. The first-order chi connectivity index (χ1) is 9.93. The summed E-state index contributed by atoms with van der Waals surface area (Å²) in [7, 11) is 1.78. The Balaban J connectivity index is 2.21. The van der Waals surface area contributed by atoms with E-state index in [-0.39, 0.29) is 12.2 Å². The summed E-state index contributed by atoms with van der Waals surface area (Å²) in [4.78, 5) is 10.7. The normalized spacial score (nSPS) is 10.7. The van der Waals surface area contributed by atoms with E-state index in [9.17, 15) is 13.6 Å². The maximum atomic E-state index is 13.8. The number of hydrogen-bond donors (Lipinski definition) is 2. The molecule has 5 nitrogen and oxygen atoms in total. The smallest absolute Gasteiger partial charge is 0.338 e. The average molecular weight is 295 g/mol. The third-order valence-corrected chi connectivity index (χ3v) is 3.11. The van der Waals surface area contributed by atoms with Crippen LogP contribution >= 0.6 is 0 Å². The van der Waals surface area contributed by atoms with Crippen LogP contribution in [0, 0.1) is 11.6 Å². The second-order valence-corrected chi connectivity index (χ2v) is 4.58. The molecule has 112 valence electrons. The Bertz CT molecular complexity index is 683. The summed E-state index contributed by atoms with van der Waals surface area (Å²) < 4.78 is 29.0. The molecule has 2 aromatic rings. The highest BCUT2D eigenvalue weighted by atomic mass is 19.2. The van der Waals surface area contributed by atoms with Gasteiger partial charge in [0.2, 0.25) is 0 Å². The molecule has 1 heterocycles. The van der Waals surface area contributed by atoms with E-state index < -0.39 is 23.2 Å². The fourth-order valence-electron chi connectivity index (χ4n) is 2.07. The fraction of sp³-hybridized carbons (Fsp3) is 0.286. The minimum Gasteiger partial charge on any atom is -0.478 e. The topological polar surface area (TPSA) is 67.2 Å². The predicted molar refractivity (Wildman–Crippen MR) is 73.2 cm³/mol. The number of benzene rings is 1. The van der Waals surface area contributed by atoms with Gasteiger partial charge in [0.25, 0.3) is 0 Å². The van der Waals surface area contributed by atoms with E-state index in [1.165, 1.54) is 6.07 Å². The molecule has 1 aromatic carbocycles. The monoisotopic (exact) mass is 295 g/mol. The highest BCUT2D eigenvalue weighted by Crippen LogP contribution is 2.21. The minimum absolute atomic E-state index is 0.0802. The van der Waals surface area contributed by atoms with Gasteiger partial charge in [-0.2, -0.15) is 5.10 Å². The van der Waals surface area contributed by atoms with Gasteiger partial charge in [-0.15, -0.1) is 0 Å². The maximum Gasteiger partial charge on any atom is 0.338 e. The van der Waals surface area contributed by atoms with E-state index in [1.54, 1.807) is 17.9 Å². The highest BCUT2D eigenvalue weighted by molar-refractivity contribution is 5.88. The Hall–Kier alpha value is -2.44. The lowest BCUT2D eigenvalue weighted by molar-refractivity contribution is 0.0690. The van der Waals surface area contributed by atoms with Gasteiger partial charge < -0.3 is 10.4 Å². The summed E-state index contributed by atoms with van der Waals surface area (Å²) in [5.74, 6) is -4.07. The molecular formula is C14H15F2N3O2. The van der Waals surface area contributed by atoms with Crippen molar-refractivity contribution in [3.05, 3.63) is 46.8 Å². The molecule has 0 spiro atoms. The van der Waals surface area contributed by atoms with Crippen LogP contribution in [0.25, 0.3) is 0 Å². The van der Waals surface area contributed by atoms with E-state index in [0.717, 1.165) is 23.7 Å². The average Bonchev–Trinajstić information content (AvgIpc) is 2.80. The second-order valence-electron chi connectivity index (χ2n) is 4.58. The van der Waals surface area contributed by atoms with Crippen molar-refractivity contribution in [2.75, 3.05) is 5.32 Å². The van der Waals surface area contributed by atoms with Crippen molar-refractivity contribution in [2.24, 2.45) is 7.05 Å². The molecule has 0 amide bonds. The van der Waals surface area contributed by atoms with Gasteiger partial charge in [0.05, 0.1) is 16.9 Å². The first kappa shape index (κ1) is 15.0. The van der Waals surface area contributed by atoms with Gasteiger partial charge in [-0.1, -0.05) is 6.92 Å². The van der Waals surface area contributed by atoms with E-state index >= 15 is 0 Å². The summed E-state index contributed by atoms with van der Waals surface area (Å²) in [5, 5.41) is 15.7. The lowest BCUT2D eigenvalue weighted by atomic mass is 10.1.